The number of nitrogens with one attached hydrogen (secondary N) is 2. The van der Waals surface area contributed by atoms with Crippen LogP contribution in [0.25, 0.3) is 27.9 Å². The Morgan fingerprint density at radius 3 is 2.40 bits per heavy atom. The van der Waals surface area contributed by atoms with Crippen molar-refractivity contribution < 1.29 is 4.79 Å². The zero-order valence-electron chi connectivity index (χ0n) is 24.0. The van der Waals surface area contributed by atoms with Crippen LogP contribution in [0.2, 0.25) is 0 Å². The maximum atomic E-state index is 13.4. The molecule has 1 atom stereocenters. The number of fused-ring (bicyclic) bond motifs is 1. The molecule has 9 heteroatoms. The molecular formula is C33H32N6O3. The van der Waals surface area contributed by atoms with Gasteiger partial charge in [0.15, 0.2) is 5.82 Å². The zero-order chi connectivity index (χ0) is 29.5. The van der Waals surface area contributed by atoms with Crippen LogP contribution in [-0.4, -0.2) is 44.9 Å². The van der Waals surface area contributed by atoms with Gasteiger partial charge in [0.2, 0.25) is 5.91 Å². The number of aryl methyl sites for hydroxylation is 2. The summed E-state index contributed by atoms with van der Waals surface area (Å²) < 4.78 is 3.16. The summed E-state index contributed by atoms with van der Waals surface area (Å²) >= 11 is 0. The van der Waals surface area contributed by atoms with E-state index in [1.807, 2.05) is 92.5 Å². The molecule has 6 rings (SSSR count). The van der Waals surface area contributed by atoms with Gasteiger partial charge < -0.3 is 15.2 Å². The van der Waals surface area contributed by atoms with Crippen molar-refractivity contribution >= 4 is 22.9 Å². The Labute approximate surface area is 243 Å². The van der Waals surface area contributed by atoms with Gasteiger partial charge in [-0.1, -0.05) is 30.3 Å². The molecular weight excluding hydrogens is 528 g/mol. The third-order valence-corrected chi connectivity index (χ3v) is 7.92. The van der Waals surface area contributed by atoms with Crippen LogP contribution in [-0.2, 0) is 11.8 Å². The first-order valence-corrected chi connectivity index (χ1v) is 13.9. The van der Waals surface area contributed by atoms with E-state index in [2.05, 4.69) is 10.6 Å². The summed E-state index contributed by atoms with van der Waals surface area (Å²) in [6.07, 6.45) is 3.51. The lowest BCUT2D eigenvalue weighted by molar-refractivity contribution is -0.128. The molecule has 1 aliphatic rings. The molecule has 1 fully saturated rings. The Hall–Kier alpha value is -5.02. The monoisotopic (exact) mass is 560 g/mol. The maximum Gasteiger partial charge on any atom is 0.293 e. The number of hydrogen-bond donors (Lipinski definition) is 2. The van der Waals surface area contributed by atoms with E-state index < -0.39 is 0 Å². The molecule has 212 valence electrons. The third-order valence-electron chi connectivity index (χ3n) is 7.92. The number of hydrogen-bond acceptors (Lipinski definition) is 6. The van der Waals surface area contributed by atoms with Crippen LogP contribution in [0.3, 0.4) is 0 Å². The Morgan fingerprint density at radius 1 is 0.881 bits per heavy atom. The Balaban J connectivity index is 1.34. The first kappa shape index (κ1) is 27.2. The molecule has 1 amide bonds. The largest absolute Gasteiger partial charge is 0.353 e. The molecule has 0 saturated carbocycles. The molecule has 0 unspecified atom stereocenters. The average molecular weight is 561 g/mol. The highest BCUT2D eigenvalue weighted by molar-refractivity contribution is 5.84. The summed E-state index contributed by atoms with van der Waals surface area (Å²) in [5.74, 6) is 0.160. The molecule has 1 saturated heterocycles. The number of benzene rings is 2. The van der Waals surface area contributed by atoms with E-state index in [1.54, 1.807) is 23.8 Å². The van der Waals surface area contributed by atoms with Crippen molar-refractivity contribution in [3.63, 3.8) is 0 Å². The highest BCUT2D eigenvalue weighted by Gasteiger charge is 2.28. The van der Waals surface area contributed by atoms with Crippen LogP contribution in [0.15, 0.2) is 88.7 Å². The Morgan fingerprint density at radius 2 is 1.64 bits per heavy atom. The zero-order valence-corrected chi connectivity index (χ0v) is 24.0. The van der Waals surface area contributed by atoms with Gasteiger partial charge in [-0.05, 0) is 79.5 Å². The van der Waals surface area contributed by atoms with Crippen molar-refractivity contribution in [3.05, 3.63) is 117 Å². The van der Waals surface area contributed by atoms with E-state index in [1.165, 1.54) is 4.57 Å². The van der Waals surface area contributed by atoms with E-state index in [0.29, 0.717) is 23.5 Å². The molecule has 0 aliphatic carbocycles. The van der Waals surface area contributed by atoms with E-state index in [9.17, 15) is 14.4 Å². The van der Waals surface area contributed by atoms with Gasteiger partial charge in [0.1, 0.15) is 6.04 Å². The van der Waals surface area contributed by atoms with Gasteiger partial charge in [0.05, 0.1) is 5.69 Å². The minimum absolute atomic E-state index is 0.0215. The van der Waals surface area contributed by atoms with Crippen LogP contribution in [0, 0.1) is 13.8 Å². The van der Waals surface area contributed by atoms with Crippen molar-refractivity contribution in [2.75, 3.05) is 25.5 Å². The van der Waals surface area contributed by atoms with Gasteiger partial charge in [-0.2, -0.15) is 0 Å². The highest BCUT2D eigenvalue weighted by atomic mass is 16.2. The number of amides is 1. The van der Waals surface area contributed by atoms with Crippen LogP contribution >= 0.6 is 0 Å². The molecule has 0 bridgehead atoms. The predicted octanol–water partition coefficient (Wildman–Crippen LogP) is 4.19. The number of aromatic nitrogens is 3. The molecule has 9 nitrogen and oxygen atoms in total. The smallest absolute Gasteiger partial charge is 0.293 e. The molecule has 0 radical (unpaired) electrons. The third kappa shape index (κ3) is 4.88. The summed E-state index contributed by atoms with van der Waals surface area (Å²) in [5, 5.41) is 6.08. The SMILES string of the molecule is Cc1ccn2c(=O)c(-c3cccc(-c4cn(C)c(=O)c(Nc5ccc([C@@H]6C(=O)NCCN6C)cc5)n4)c3C)ccc2c1. The van der Waals surface area contributed by atoms with E-state index in [0.717, 1.165) is 39.9 Å². The van der Waals surface area contributed by atoms with Crippen LogP contribution in [0.4, 0.5) is 11.5 Å². The number of rotatable bonds is 5. The second-order valence-electron chi connectivity index (χ2n) is 10.8. The molecule has 42 heavy (non-hydrogen) atoms. The summed E-state index contributed by atoms with van der Waals surface area (Å²) in [4.78, 5) is 45.6. The summed E-state index contributed by atoms with van der Waals surface area (Å²) in [6.45, 7) is 5.38. The molecule has 0 spiro atoms. The van der Waals surface area contributed by atoms with Gasteiger partial charge in [-0.25, -0.2) is 4.98 Å². The Bertz CT molecular complexity index is 1960. The normalized spacial score (nSPS) is 15.5. The van der Waals surface area contributed by atoms with Gasteiger partial charge in [-0.15, -0.1) is 0 Å². The van der Waals surface area contributed by atoms with Gasteiger partial charge in [0, 0.05) is 54.9 Å². The fraction of sp³-hybridized carbons (Fsp3) is 0.212. The van der Waals surface area contributed by atoms with Gasteiger partial charge in [-0.3, -0.25) is 23.7 Å². The Kier molecular flexibility index (Phi) is 6.96. The molecule has 4 heterocycles. The fourth-order valence-corrected chi connectivity index (χ4v) is 5.61. The quantitative estimate of drug-likeness (QED) is 0.334. The highest BCUT2D eigenvalue weighted by Crippen LogP contribution is 2.30. The number of pyridine rings is 2. The molecule has 2 aromatic carbocycles. The first-order chi connectivity index (χ1) is 20.2. The summed E-state index contributed by atoms with van der Waals surface area (Å²) in [5.41, 5.74) is 6.84. The summed E-state index contributed by atoms with van der Waals surface area (Å²) in [7, 11) is 3.62. The molecule has 3 aromatic heterocycles. The summed E-state index contributed by atoms with van der Waals surface area (Å²) in [6, 6.07) is 20.6. The van der Waals surface area contributed by atoms with Gasteiger partial charge in [0.25, 0.3) is 11.1 Å². The second kappa shape index (κ2) is 10.8. The first-order valence-electron chi connectivity index (χ1n) is 13.9. The number of nitrogens with zero attached hydrogens (tertiary/aromatic N) is 4. The number of piperazine rings is 1. The minimum atomic E-state index is -0.350. The molecule has 5 aromatic rings. The van der Waals surface area contributed by atoms with E-state index in [-0.39, 0.29) is 28.9 Å². The predicted molar refractivity (Wildman–Crippen MR) is 165 cm³/mol. The number of likely N-dealkylation sites (N-methyl/N-ethyl adjacent to an activating group) is 1. The number of carbonyl (C=O) groups excluding carboxylic acids is 1. The van der Waals surface area contributed by atoms with Crippen molar-refractivity contribution in [1.29, 1.82) is 0 Å². The van der Waals surface area contributed by atoms with Crippen molar-refractivity contribution in [3.8, 4) is 22.4 Å². The number of carbonyl (C=O) groups is 1. The average Bonchev–Trinajstić information content (AvgIpc) is 2.97. The van der Waals surface area contributed by atoms with Crippen LogP contribution < -0.4 is 21.8 Å². The lowest BCUT2D eigenvalue weighted by Gasteiger charge is -2.32. The maximum absolute atomic E-state index is 13.4. The lowest BCUT2D eigenvalue weighted by Crippen LogP contribution is -2.48. The number of anilines is 2. The van der Waals surface area contributed by atoms with E-state index in [4.69, 9.17) is 4.98 Å². The fourth-order valence-electron chi connectivity index (χ4n) is 5.61. The van der Waals surface area contributed by atoms with Crippen LogP contribution in [0.5, 0.6) is 0 Å². The standard InChI is InChI=1S/C33H32N6O3/c1-20-14-16-39-24(18-20)12-13-27(32(39)41)25-6-5-7-26(21(25)2)28-19-38(4)33(42)30(36-28)35-23-10-8-22(9-11-23)29-31(40)34-15-17-37(29)3/h5-14,16,18-19,29H,15,17H2,1-4H3,(H,34,40)(H,35,36)/t29-/m1/s1. The van der Waals surface area contributed by atoms with E-state index >= 15 is 0 Å². The lowest BCUT2D eigenvalue weighted by atomic mass is 9.95. The minimum Gasteiger partial charge on any atom is -0.353 e. The van der Waals surface area contributed by atoms with Crippen molar-refractivity contribution in [2.45, 2.75) is 19.9 Å². The van der Waals surface area contributed by atoms with Gasteiger partial charge >= 0.3 is 0 Å². The molecule has 2 N–H and O–H groups in total. The second-order valence-corrected chi connectivity index (χ2v) is 10.8. The van der Waals surface area contributed by atoms with Crippen LogP contribution in [0.1, 0.15) is 22.7 Å². The van der Waals surface area contributed by atoms with Crippen molar-refractivity contribution in [1.82, 2.24) is 24.2 Å². The van der Waals surface area contributed by atoms with Crippen molar-refractivity contribution in [2.24, 2.45) is 7.05 Å². The topological polar surface area (TPSA) is 101 Å². The molecule has 1 aliphatic heterocycles.